The van der Waals surface area contributed by atoms with Crippen LogP contribution in [-0.2, 0) is 4.79 Å². The van der Waals surface area contributed by atoms with E-state index < -0.39 is 0 Å². The van der Waals surface area contributed by atoms with E-state index in [9.17, 15) is 4.79 Å². The van der Waals surface area contributed by atoms with Gasteiger partial charge in [-0.3, -0.25) is 4.79 Å². The summed E-state index contributed by atoms with van der Waals surface area (Å²) in [5.41, 5.74) is 6.50. The molecule has 2 rings (SSSR count). The maximum Gasteiger partial charge on any atom is 0.237 e. The van der Waals surface area contributed by atoms with Crippen LogP contribution in [0.25, 0.3) is 0 Å². The Morgan fingerprint density at radius 3 is 2.47 bits per heavy atom. The van der Waals surface area contributed by atoms with E-state index in [2.05, 4.69) is 39.9 Å². The highest BCUT2D eigenvalue weighted by molar-refractivity contribution is 5.82. The van der Waals surface area contributed by atoms with E-state index in [0.29, 0.717) is 5.92 Å². The lowest BCUT2D eigenvalue weighted by Gasteiger charge is -2.43. The van der Waals surface area contributed by atoms with E-state index in [0.717, 1.165) is 12.3 Å². The van der Waals surface area contributed by atoms with Gasteiger partial charge in [0.2, 0.25) is 5.91 Å². The van der Waals surface area contributed by atoms with Gasteiger partial charge in [0, 0.05) is 6.04 Å². The summed E-state index contributed by atoms with van der Waals surface area (Å²) < 4.78 is 0. The van der Waals surface area contributed by atoms with Gasteiger partial charge < -0.3 is 11.1 Å². The molecule has 0 aromatic carbocycles. The number of fused-ring (bicyclic) bond motifs is 2. The first-order valence-electron chi connectivity index (χ1n) is 7.73. The molecule has 4 atom stereocenters. The van der Waals surface area contributed by atoms with Crippen molar-refractivity contribution in [3.05, 3.63) is 0 Å². The molecule has 0 radical (unpaired) electrons. The lowest BCUT2D eigenvalue weighted by atomic mass is 9.68. The predicted molar refractivity (Wildman–Crippen MR) is 78.6 cm³/mol. The minimum atomic E-state index is -0.362. The second-order valence-electron chi connectivity index (χ2n) is 8.09. The Morgan fingerprint density at radius 1 is 1.37 bits per heavy atom. The third-order valence-electron chi connectivity index (χ3n) is 5.62. The summed E-state index contributed by atoms with van der Waals surface area (Å²) in [6.45, 7) is 11.2. The van der Waals surface area contributed by atoms with Gasteiger partial charge in [-0.25, -0.2) is 0 Å². The van der Waals surface area contributed by atoms with Crippen LogP contribution in [-0.4, -0.2) is 18.0 Å². The van der Waals surface area contributed by atoms with Gasteiger partial charge in [0.15, 0.2) is 0 Å². The molecule has 3 nitrogen and oxygen atoms in total. The monoisotopic (exact) mass is 266 g/mol. The first-order valence-corrected chi connectivity index (χ1v) is 7.73. The molecule has 1 amide bonds. The number of nitrogens with two attached hydrogens (primary N) is 1. The molecule has 2 aliphatic carbocycles. The smallest absolute Gasteiger partial charge is 0.237 e. The van der Waals surface area contributed by atoms with Crippen LogP contribution in [0.15, 0.2) is 0 Å². The first kappa shape index (κ1) is 14.8. The average molecular weight is 266 g/mol. The fourth-order valence-corrected chi connectivity index (χ4v) is 4.53. The first-order chi connectivity index (χ1) is 8.67. The zero-order chi connectivity index (χ0) is 14.4. The van der Waals surface area contributed by atoms with Crippen LogP contribution in [0.4, 0.5) is 0 Å². The number of carbonyl (C=O) groups is 1. The fraction of sp³-hybridized carbons (Fsp3) is 0.938. The van der Waals surface area contributed by atoms with Crippen molar-refractivity contribution in [3.8, 4) is 0 Å². The molecule has 0 heterocycles. The number of nitrogens with one attached hydrogen (secondary N) is 1. The van der Waals surface area contributed by atoms with E-state index in [-0.39, 0.29) is 28.8 Å². The molecule has 3 heteroatoms. The zero-order valence-corrected chi connectivity index (χ0v) is 13.1. The van der Waals surface area contributed by atoms with Crippen molar-refractivity contribution in [1.29, 1.82) is 0 Å². The third kappa shape index (κ3) is 2.54. The van der Waals surface area contributed by atoms with E-state index in [1.54, 1.807) is 0 Å². The second kappa shape index (κ2) is 4.76. The molecule has 0 saturated heterocycles. The lowest BCUT2D eigenvalue weighted by molar-refractivity contribution is -0.125. The van der Waals surface area contributed by atoms with Crippen LogP contribution in [0.2, 0.25) is 0 Å². The van der Waals surface area contributed by atoms with Gasteiger partial charge in [-0.1, -0.05) is 34.6 Å². The van der Waals surface area contributed by atoms with Crippen molar-refractivity contribution in [3.63, 3.8) is 0 Å². The molecule has 0 aliphatic heterocycles. The minimum Gasteiger partial charge on any atom is -0.351 e. The number of hydrogen-bond acceptors (Lipinski definition) is 2. The summed E-state index contributed by atoms with van der Waals surface area (Å²) in [5.74, 6) is 1.26. The van der Waals surface area contributed by atoms with E-state index in [4.69, 9.17) is 5.73 Å². The van der Waals surface area contributed by atoms with Crippen LogP contribution in [0.5, 0.6) is 0 Å². The molecule has 110 valence electrons. The Labute approximate surface area is 117 Å². The van der Waals surface area contributed by atoms with Gasteiger partial charge in [-0.2, -0.15) is 0 Å². The number of hydrogen-bond donors (Lipinski definition) is 2. The average Bonchev–Trinajstić information content (AvgIpc) is 2.74. The summed E-state index contributed by atoms with van der Waals surface area (Å²) in [7, 11) is 0. The topological polar surface area (TPSA) is 55.1 Å². The summed E-state index contributed by atoms with van der Waals surface area (Å²) in [6.07, 6.45) is 4.57. The number of rotatable bonds is 4. The van der Waals surface area contributed by atoms with Crippen LogP contribution in [0.3, 0.4) is 0 Å². The quantitative estimate of drug-likeness (QED) is 0.822. The molecule has 19 heavy (non-hydrogen) atoms. The van der Waals surface area contributed by atoms with Crippen molar-refractivity contribution in [2.45, 2.75) is 72.4 Å². The molecule has 4 unspecified atom stereocenters. The molecule has 2 aliphatic rings. The molecule has 0 aromatic heterocycles. The van der Waals surface area contributed by atoms with Gasteiger partial charge in [-0.05, 0) is 48.3 Å². The molecule has 3 N–H and O–H groups in total. The van der Waals surface area contributed by atoms with Crippen molar-refractivity contribution >= 4 is 5.91 Å². The molecular formula is C16H30N2O. The molecule has 2 saturated carbocycles. The van der Waals surface area contributed by atoms with Crippen LogP contribution < -0.4 is 11.1 Å². The van der Waals surface area contributed by atoms with Crippen LogP contribution in [0, 0.1) is 22.7 Å². The molecule has 2 bridgehead atoms. The largest absolute Gasteiger partial charge is 0.351 e. The molecular weight excluding hydrogens is 236 g/mol. The van der Waals surface area contributed by atoms with Gasteiger partial charge >= 0.3 is 0 Å². The van der Waals surface area contributed by atoms with E-state index in [1.807, 2.05) is 0 Å². The minimum absolute atomic E-state index is 0.0422. The van der Waals surface area contributed by atoms with Gasteiger partial charge in [0.05, 0.1) is 6.04 Å². The Hall–Kier alpha value is -0.570. The normalized spacial score (nSPS) is 37.6. The van der Waals surface area contributed by atoms with Crippen molar-refractivity contribution < 1.29 is 4.79 Å². The second-order valence-corrected chi connectivity index (χ2v) is 8.09. The SMILES string of the molecule is CC(C)CC(N)C(=O)NC1C2(C)CCC(C2)C1(C)C. The van der Waals surface area contributed by atoms with E-state index >= 15 is 0 Å². The molecule has 0 aromatic rings. The Bertz CT molecular complexity index is 359. The van der Waals surface area contributed by atoms with Gasteiger partial charge in [0.1, 0.15) is 0 Å². The van der Waals surface area contributed by atoms with Crippen LogP contribution in [0.1, 0.15) is 60.3 Å². The Morgan fingerprint density at radius 2 is 2.00 bits per heavy atom. The van der Waals surface area contributed by atoms with Crippen molar-refractivity contribution in [1.82, 2.24) is 5.32 Å². The fourth-order valence-electron chi connectivity index (χ4n) is 4.53. The molecule has 0 spiro atoms. The maximum atomic E-state index is 12.3. The van der Waals surface area contributed by atoms with E-state index in [1.165, 1.54) is 19.3 Å². The number of amides is 1. The van der Waals surface area contributed by atoms with Gasteiger partial charge in [0.25, 0.3) is 0 Å². The third-order valence-corrected chi connectivity index (χ3v) is 5.62. The molecule has 2 fully saturated rings. The Balaban J connectivity index is 2.04. The van der Waals surface area contributed by atoms with Crippen molar-refractivity contribution in [2.75, 3.05) is 0 Å². The standard InChI is InChI=1S/C16H30N2O/c1-10(2)8-12(17)13(19)18-14-15(3,4)11-6-7-16(14,5)9-11/h10-12,14H,6-9,17H2,1-5H3,(H,18,19). The Kier molecular flexibility index (Phi) is 3.72. The summed E-state index contributed by atoms with van der Waals surface area (Å²) in [5, 5.41) is 3.28. The highest BCUT2D eigenvalue weighted by Crippen LogP contribution is 2.62. The van der Waals surface area contributed by atoms with Gasteiger partial charge in [-0.15, -0.1) is 0 Å². The highest BCUT2D eigenvalue weighted by atomic mass is 16.2. The van der Waals surface area contributed by atoms with Crippen LogP contribution >= 0.6 is 0 Å². The maximum absolute atomic E-state index is 12.3. The number of carbonyl (C=O) groups excluding carboxylic acids is 1. The summed E-state index contributed by atoms with van der Waals surface area (Å²) >= 11 is 0. The predicted octanol–water partition coefficient (Wildman–Crippen LogP) is 2.69. The summed E-state index contributed by atoms with van der Waals surface area (Å²) in [4.78, 5) is 12.3. The lowest BCUT2D eigenvalue weighted by Crippen LogP contribution is -2.56. The zero-order valence-electron chi connectivity index (χ0n) is 13.1. The highest BCUT2D eigenvalue weighted by Gasteiger charge is 2.59. The summed E-state index contributed by atoms with van der Waals surface area (Å²) in [6, 6.07) is -0.0806. The van der Waals surface area contributed by atoms with Crippen molar-refractivity contribution in [2.24, 2.45) is 28.4 Å².